The number of nitrogens with two attached hydrogens (primary N) is 1. The van der Waals surface area contributed by atoms with Crippen LogP contribution in [0.2, 0.25) is 0 Å². The zero-order valence-electron chi connectivity index (χ0n) is 10.7. The van der Waals surface area contributed by atoms with Crippen LogP contribution in [0, 0.1) is 0 Å². The zero-order chi connectivity index (χ0) is 14.6. The van der Waals surface area contributed by atoms with E-state index < -0.39 is 10.0 Å². The molecule has 0 spiro atoms. The van der Waals surface area contributed by atoms with Crippen LogP contribution in [-0.2, 0) is 10.0 Å². The second-order valence-corrected chi connectivity index (χ2v) is 6.75. The van der Waals surface area contributed by atoms with Crippen LogP contribution in [0.3, 0.4) is 0 Å². The minimum Gasteiger partial charge on any atom is -0.494 e. The van der Waals surface area contributed by atoms with Crippen molar-refractivity contribution in [2.24, 2.45) is 0 Å². The van der Waals surface area contributed by atoms with Crippen molar-refractivity contribution in [3.05, 3.63) is 24.3 Å². The van der Waals surface area contributed by atoms with E-state index in [0.717, 1.165) is 17.8 Å². The molecule has 0 saturated heterocycles. The average Bonchev–Trinajstić information content (AvgIpc) is 2.85. The predicted octanol–water partition coefficient (Wildman–Crippen LogP) is 1.71. The molecule has 0 aliphatic heterocycles. The summed E-state index contributed by atoms with van der Waals surface area (Å²) in [6.07, 6.45) is 0.910. The second kappa shape index (κ2) is 6.06. The van der Waals surface area contributed by atoms with E-state index in [9.17, 15) is 8.42 Å². The van der Waals surface area contributed by atoms with Gasteiger partial charge in [-0.05, 0) is 30.7 Å². The molecule has 0 bridgehead atoms. The van der Waals surface area contributed by atoms with Crippen LogP contribution in [0.25, 0.3) is 0 Å². The highest BCUT2D eigenvalue weighted by molar-refractivity contribution is 7.94. The number of sulfonamides is 1. The van der Waals surface area contributed by atoms with E-state index in [0.29, 0.717) is 18.0 Å². The van der Waals surface area contributed by atoms with Crippen molar-refractivity contribution in [2.75, 3.05) is 17.1 Å². The van der Waals surface area contributed by atoms with Crippen molar-refractivity contribution < 1.29 is 13.2 Å². The molecular formula is C11H14N4O3S2. The van der Waals surface area contributed by atoms with Gasteiger partial charge in [0.15, 0.2) is 0 Å². The number of nitrogen functional groups attached to an aromatic ring is 1. The summed E-state index contributed by atoms with van der Waals surface area (Å²) in [5, 5.41) is 7.09. The quantitative estimate of drug-likeness (QED) is 0.840. The van der Waals surface area contributed by atoms with Gasteiger partial charge in [-0.3, -0.25) is 4.72 Å². The number of aromatic nitrogens is 2. The number of ether oxygens (including phenoxy) is 1. The van der Waals surface area contributed by atoms with Crippen LogP contribution < -0.4 is 15.2 Å². The Morgan fingerprint density at radius 1 is 1.30 bits per heavy atom. The largest absolute Gasteiger partial charge is 0.494 e. The molecule has 108 valence electrons. The molecule has 0 fully saturated rings. The molecule has 0 amide bonds. The van der Waals surface area contributed by atoms with E-state index in [2.05, 4.69) is 14.9 Å². The number of nitrogens with zero attached hydrogens (tertiary/aromatic N) is 2. The van der Waals surface area contributed by atoms with Crippen molar-refractivity contribution in [3.63, 3.8) is 0 Å². The molecule has 7 nitrogen and oxygen atoms in total. The fourth-order valence-corrected chi connectivity index (χ4v) is 3.21. The van der Waals surface area contributed by atoms with Gasteiger partial charge in [0.1, 0.15) is 5.75 Å². The molecule has 1 aromatic heterocycles. The Morgan fingerprint density at radius 2 is 2.00 bits per heavy atom. The van der Waals surface area contributed by atoms with Gasteiger partial charge in [-0.1, -0.05) is 18.3 Å². The molecule has 1 heterocycles. The van der Waals surface area contributed by atoms with Crippen molar-refractivity contribution >= 4 is 32.2 Å². The fraction of sp³-hybridized carbons (Fsp3) is 0.273. The average molecular weight is 314 g/mol. The van der Waals surface area contributed by atoms with Gasteiger partial charge in [0.05, 0.1) is 6.61 Å². The second-order valence-electron chi connectivity index (χ2n) is 3.88. The minimum absolute atomic E-state index is 0.105. The third-order valence-electron chi connectivity index (χ3n) is 2.23. The molecule has 1 aromatic carbocycles. The van der Waals surface area contributed by atoms with Gasteiger partial charge >= 0.3 is 0 Å². The number of hydrogen-bond donors (Lipinski definition) is 2. The van der Waals surface area contributed by atoms with Crippen molar-refractivity contribution in [1.82, 2.24) is 10.2 Å². The van der Waals surface area contributed by atoms with Crippen LogP contribution in [0.15, 0.2) is 28.6 Å². The van der Waals surface area contributed by atoms with E-state index in [1.807, 2.05) is 6.92 Å². The van der Waals surface area contributed by atoms with Crippen molar-refractivity contribution in [1.29, 1.82) is 0 Å². The lowest BCUT2D eigenvalue weighted by Gasteiger charge is -2.07. The van der Waals surface area contributed by atoms with Gasteiger partial charge in [0, 0.05) is 5.69 Å². The van der Waals surface area contributed by atoms with E-state index in [1.54, 1.807) is 24.3 Å². The number of anilines is 2. The first kappa shape index (κ1) is 14.5. The molecule has 3 N–H and O–H groups in total. The molecule has 2 rings (SSSR count). The molecule has 0 saturated carbocycles. The highest BCUT2D eigenvalue weighted by Crippen LogP contribution is 2.22. The van der Waals surface area contributed by atoms with Crippen LogP contribution in [0.1, 0.15) is 13.3 Å². The Bertz CT molecular complexity index is 667. The van der Waals surface area contributed by atoms with Gasteiger partial charge in [-0.25, -0.2) is 0 Å². The van der Waals surface area contributed by atoms with E-state index in [1.165, 1.54) is 0 Å². The summed E-state index contributed by atoms with van der Waals surface area (Å²) < 4.78 is 31.6. The van der Waals surface area contributed by atoms with E-state index in [4.69, 9.17) is 10.5 Å². The minimum atomic E-state index is -3.75. The van der Waals surface area contributed by atoms with Gasteiger partial charge < -0.3 is 10.5 Å². The maximum Gasteiger partial charge on any atom is 0.291 e. The lowest BCUT2D eigenvalue weighted by Crippen LogP contribution is -2.12. The predicted molar refractivity (Wildman–Crippen MR) is 77.4 cm³/mol. The summed E-state index contributed by atoms with van der Waals surface area (Å²) in [4.78, 5) is 0. The molecule has 0 radical (unpaired) electrons. The third-order valence-corrected chi connectivity index (χ3v) is 4.73. The third kappa shape index (κ3) is 3.58. The summed E-state index contributed by atoms with van der Waals surface area (Å²) in [5.41, 5.74) is 5.79. The summed E-state index contributed by atoms with van der Waals surface area (Å²) in [6.45, 7) is 2.63. The Labute approximate surface area is 120 Å². The van der Waals surface area contributed by atoms with Crippen LogP contribution >= 0.6 is 11.3 Å². The first-order valence-corrected chi connectivity index (χ1v) is 8.16. The normalized spacial score (nSPS) is 11.2. The lowest BCUT2D eigenvalue weighted by atomic mass is 10.3. The molecular weight excluding hydrogens is 300 g/mol. The maximum absolute atomic E-state index is 12.0. The van der Waals surface area contributed by atoms with Gasteiger partial charge in [0.2, 0.25) is 5.13 Å². The molecule has 2 aromatic rings. The van der Waals surface area contributed by atoms with Crippen molar-refractivity contribution in [2.45, 2.75) is 17.7 Å². The first-order chi connectivity index (χ1) is 9.51. The number of hydrogen-bond acceptors (Lipinski definition) is 7. The van der Waals surface area contributed by atoms with E-state index >= 15 is 0 Å². The molecule has 9 heteroatoms. The first-order valence-electron chi connectivity index (χ1n) is 5.86. The Hall–Kier alpha value is -1.87. The Morgan fingerprint density at radius 3 is 2.55 bits per heavy atom. The van der Waals surface area contributed by atoms with Gasteiger partial charge in [-0.2, -0.15) is 8.42 Å². The molecule has 0 unspecified atom stereocenters. The highest BCUT2D eigenvalue weighted by Gasteiger charge is 2.19. The molecule has 20 heavy (non-hydrogen) atoms. The summed E-state index contributed by atoms with van der Waals surface area (Å²) >= 11 is 0.809. The topological polar surface area (TPSA) is 107 Å². The SMILES string of the molecule is CCCOc1ccc(NS(=O)(=O)c2nnc(N)s2)cc1. The number of benzene rings is 1. The van der Waals surface area contributed by atoms with Gasteiger partial charge in [-0.15, -0.1) is 10.2 Å². The molecule has 0 atom stereocenters. The van der Waals surface area contributed by atoms with Crippen LogP contribution in [-0.4, -0.2) is 25.2 Å². The van der Waals surface area contributed by atoms with Crippen LogP contribution in [0.4, 0.5) is 10.8 Å². The van der Waals surface area contributed by atoms with Gasteiger partial charge in [0.25, 0.3) is 14.4 Å². The molecule has 0 aliphatic rings. The number of nitrogens with one attached hydrogen (secondary N) is 1. The summed E-state index contributed by atoms with van der Waals surface area (Å²) in [5.74, 6) is 0.690. The summed E-state index contributed by atoms with van der Waals surface area (Å²) in [7, 11) is -3.75. The zero-order valence-corrected chi connectivity index (χ0v) is 12.4. The van der Waals surface area contributed by atoms with Crippen LogP contribution in [0.5, 0.6) is 5.75 Å². The van der Waals surface area contributed by atoms with Crippen molar-refractivity contribution in [3.8, 4) is 5.75 Å². The number of rotatable bonds is 6. The van der Waals surface area contributed by atoms with E-state index in [-0.39, 0.29) is 9.47 Å². The standard InChI is InChI=1S/C11H14N4O3S2/c1-2-7-18-9-5-3-8(4-6-9)15-20(16,17)11-14-13-10(12)19-11/h3-6,15H,2,7H2,1H3,(H2,12,13). The maximum atomic E-state index is 12.0. The lowest BCUT2D eigenvalue weighted by molar-refractivity contribution is 0.317. The highest BCUT2D eigenvalue weighted by atomic mass is 32.2. The molecule has 0 aliphatic carbocycles. The Balaban J connectivity index is 2.09. The fourth-order valence-electron chi connectivity index (χ4n) is 1.37. The Kier molecular flexibility index (Phi) is 4.40. The monoisotopic (exact) mass is 314 g/mol. The smallest absolute Gasteiger partial charge is 0.291 e. The summed E-state index contributed by atoms with van der Waals surface area (Å²) in [6, 6.07) is 6.63.